The van der Waals surface area contributed by atoms with Crippen LogP contribution in [0.5, 0.6) is 0 Å². The van der Waals surface area contributed by atoms with Crippen molar-refractivity contribution >= 4 is 11.9 Å². The summed E-state index contributed by atoms with van der Waals surface area (Å²) in [6.07, 6.45) is 5.60. The van der Waals surface area contributed by atoms with Crippen molar-refractivity contribution in [2.45, 2.75) is 45.1 Å². The molecule has 0 saturated heterocycles. The highest BCUT2D eigenvalue weighted by atomic mass is 16.4. The molecule has 2 N–H and O–H groups in total. The molecule has 2 aliphatic rings. The Labute approximate surface area is 122 Å². The number of carbonyl (C=O) groups is 2. The molecule has 1 aliphatic heterocycles. The maximum Gasteiger partial charge on any atom is 0.307 e. The number of carboxylic acid groups (broad SMARTS) is 1. The number of nitrogens with zero attached hydrogens (tertiary/aromatic N) is 3. The van der Waals surface area contributed by atoms with Crippen LogP contribution in [0.2, 0.25) is 0 Å². The summed E-state index contributed by atoms with van der Waals surface area (Å²) in [6, 6.07) is 0. The summed E-state index contributed by atoms with van der Waals surface area (Å²) in [5.41, 5.74) is 0. The second-order valence-electron chi connectivity index (χ2n) is 5.82. The van der Waals surface area contributed by atoms with Crippen molar-refractivity contribution < 1.29 is 14.7 Å². The normalized spacial score (nSPS) is 24.0. The lowest BCUT2D eigenvalue weighted by Crippen LogP contribution is -2.29. The highest BCUT2D eigenvalue weighted by molar-refractivity contribution is 5.89. The van der Waals surface area contributed by atoms with Crippen LogP contribution in [0.25, 0.3) is 0 Å². The Morgan fingerprint density at radius 2 is 2.10 bits per heavy atom. The van der Waals surface area contributed by atoms with Crippen molar-refractivity contribution in [2.75, 3.05) is 6.54 Å². The van der Waals surface area contributed by atoms with E-state index in [4.69, 9.17) is 5.11 Å². The summed E-state index contributed by atoms with van der Waals surface area (Å²) in [6.45, 7) is 1.44. The number of aliphatic carboxylic acids is 1. The SMILES string of the molecule is O=C(O)C1CC1C(=O)NCCc1nnc2n1CCCCC2. The smallest absolute Gasteiger partial charge is 0.307 e. The molecule has 0 radical (unpaired) electrons. The molecule has 114 valence electrons. The zero-order valence-corrected chi connectivity index (χ0v) is 11.9. The molecule has 1 saturated carbocycles. The van der Waals surface area contributed by atoms with Crippen LogP contribution in [-0.2, 0) is 29.0 Å². The molecule has 21 heavy (non-hydrogen) atoms. The maximum absolute atomic E-state index is 11.8. The molecule has 2 unspecified atom stereocenters. The summed E-state index contributed by atoms with van der Waals surface area (Å²) in [5, 5.41) is 20.0. The van der Waals surface area contributed by atoms with E-state index in [-0.39, 0.29) is 11.8 Å². The molecule has 2 heterocycles. The van der Waals surface area contributed by atoms with E-state index in [0.29, 0.717) is 19.4 Å². The Morgan fingerprint density at radius 1 is 1.24 bits per heavy atom. The van der Waals surface area contributed by atoms with E-state index in [2.05, 4.69) is 20.1 Å². The van der Waals surface area contributed by atoms with Crippen molar-refractivity contribution in [3.63, 3.8) is 0 Å². The van der Waals surface area contributed by atoms with Gasteiger partial charge in [0.05, 0.1) is 11.8 Å². The number of hydrogen-bond donors (Lipinski definition) is 2. The Hall–Kier alpha value is -1.92. The number of hydrogen-bond acceptors (Lipinski definition) is 4. The zero-order valence-electron chi connectivity index (χ0n) is 11.9. The van der Waals surface area contributed by atoms with E-state index in [1.807, 2.05) is 0 Å². The van der Waals surface area contributed by atoms with Crippen LogP contribution in [0, 0.1) is 11.8 Å². The monoisotopic (exact) mass is 292 g/mol. The minimum Gasteiger partial charge on any atom is -0.481 e. The first-order valence-electron chi connectivity index (χ1n) is 7.58. The summed E-state index contributed by atoms with van der Waals surface area (Å²) in [7, 11) is 0. The van der Waals surface area contributed by atoms with E-state index in [9.17, 15) is 9.59 Å². The van der Waals surface area contributed by atoms with E-state index in [1.165, 1.54) is 6.42 Å². The number of carboxylic acids is 1. The average Bonchev–Trinajstić information content (AvgIpc) is 3.22. The molecule has 1 amide bonds. The second-order valence-corrected chi connectivity index (χ2v) is 5.82. The van der Waals surface area contributed by atoms with Crippen molar-refractivity contribution in [2.24, 2.45) is 11.8 Å². The van der Waals surface area contributed by atoms with Crippen LogP contribution in [-0.4, -0.2) is 38.3 Å². The first-order chi connectivity index (χ1) is 10.2. The van der Waals surface area contributed by atoms with Crippen LogP contribution in [0.4, 0.5) is 0 Å². The van der Waals surface area contributed by atoms with Gasteiger partial charge in [0.25, 0.3) is 0 Å². The quantitative estimate of drug-likeness (QED) is 0.818. The molecular formula is C14H20N4O3. The van der Waals surface area contributed by atoms with Crippen LogP contribution in [0.15, 0.2) is 0 Å². The molecule has 3 rings (SSSR count). The van der Waals surface area contributed by atoms with E-state index in [1.54, 1.807) is 0 Å². The van der Waals surface area contributed by atoms with Gasteiger partial charge in [-0.1, -0.05) is 6.42 Å². The molecule has 1 aliphatic carbocycles. The number of aryl methyl sites for hydroxylation is 1. The lowest BCUT2D eigenvalue weighted by molar-refractivity contribution is -0.140. The summed E-state index contributed by atoms with van der Waals surface area (Å²) in [4.78, 5) is 22.5. The van der Waals surface area contributed by atoms with Gasteiger partial charge in [0.2, 0.25) is 5.91 Å². The fourth-order valence-electron chi connectivity index (χ4n) is 2.92. The first kappa shape index (κ1) is 14.0. The van der Waals surface area contributed by atoms with Crippen molar-refractivity contribution in [1.29, 1.82) is 0 Å². The lowest BCUT2D eigenvalue weighted by atomic mass is 10.2. The first-order valence-corrected chi connectivity index (χ1v) is 7.58. The minimum atomic E-state index is -0.877. The standard InChI is InChI=1S/C14H20N4O3/c19-13(9-8-10(9)14(20)21)15-6-5-12-17-16-11-4-2-1-3-7-18(11)12/h9-10H,1-8H2,(H,15,19)(H,20,21). The van der Waals surface area contributed by atoms with Gasteiger partial charge in [-0.3, -0.25) is 9.59 Å². The number of fused-ring (bicyclic) bond motifs is 1. The average molecular weight is 292 g/mol. The van der Waals surface area contributed by atoms with Gasteiger partial charge in [-0.25, -0.2) is 0 Å². The van der Waals surface area contributed by atoms with Gasteiger partial charge in [0, 0.05) is 25.9 Å². The third kappa shape index (κ3) is 3.06. The lowest BCUT2D eigenvalue weighted by Gasteiger charge is -2.07. The van der Waals surface area contributed by atoms with E-state index in [0.717, 1.165) is 37.5 Å². The summed E-state index contributed by atoms with van der Waals surface area (Å²) >= 11 is 0. The number of rotatable bonds is 5. The molecular weight excluding hydrogens is 272 g/mol. The Balaban J connectivity index is 1.49. The Bertz CT molecular complexity index is 554. The van der Waals surface area contributed by atoms with Crippen LogP contribution < -0.4 is 5.32 Å². The van der Waals surface area contributed by atoms with Gasteiger partial charge in [0.1, 0.15) is 11.6 Å². The largest absolute Gasteiger partial charge is 0.481 e. The fraction of sp³-hybridized carbons (Fsp3) is 0.714. The zero-order chi connectivity index (χ0) is 14.8. The van der Waals surface area contributed by atoms with Gasteiger partial charge in [-0.15, -0.1) is 10.2 Å². The minimum absolute atomic E-state index is 0.155. The van der Waals surface area contributed by atoms with Crippen molar-refractivity contribution in [1.82, 2.24) is 20.1 Å². The van der Waals surface area contributed by atoms with Crippen LogP contribution in [0.3, 0.4) is 0 Å². The van der Waals surface area contributed by atoms with Crippen LogP contribution >= 0.6 is 0 Å². The van der Waals surface area contributed by atoms with E-state index >= 15 is 0 Å². The van der Waals surface area contributed by atoms with Gasteiger partial charge in [-0.2, -0.15) is 0 Å². The van der Waals surface area contributed by atoms with E-state index < -0.39 is 11.9 Å². The molecule has 1 aromatic heterocycles. The number of carbonyl (C=O) groups excluding carboxylic acids is 1. The second kappa shape index (κ2) is 5.83. The van der Waals surface area contributed by atoms with Crippen molar-refractivity contribution in [3.8, 4) is 0 Å². The fourth-order valence-corrected chi connectivity index (χ4v) is 2.92. The molecule has 0 aromatic carbocycles. The third-order valence-electron chi connectivity index (χ3n) is 4.28. The Morgan fingerprint density at radius 3 is 2.86 bits per heavy atom. The number of amides is 1. The number of aromatic nitrogens is 3. The van der Waals surface area contributed by atoms with Gasteiger partial charge >= 0.3 is 5.97 Å². The highest BCUT2D eigenvalue weighted by Crippen LogP contribution is 2.38. The van der Waals surface area contributed by atoms with Crippen molar-refractivity contribution in [3.05, 3.63) is 11.6 Å². The van der Waals surface area contributed by atoms with Gasteiger partial charge < -0.3 is 15.0 Å². The topological polar surface area (TPSA) is 97.1 Å². The van der Waals surface area contributed by atoms with Gasteiger partial charge in [0.15, 0.2) is 0 Å². The molecule has 0 bridgehead atoms. The molecule has 7 nitrogen and oxygen atoms in total. The Kier molecular flexibility index (Phi) is 3.90. The molecule has 0 spiro atoms. The summed E-state index contributed by atoms with van der Waals surface area (Å²) < 4.78 is 2.16. The summed E-state index contributed by atoms with van der Waals surface area (Å²) in [5.74, 6) is 0.0862. The predicted molar refractivity (Wildman–Crippen MR) is 73.5 cm³/mol. The number of nitrogens with one attached hydrogen (secondary N) is 1. The third-order valence-corrected chi connectivity index (χ3v) is 4.28. The molecule has 7 heteroatoms. The van der Waals surface area contributed by atoms with Crippen LogP contribution in [0.1, 0.15) is 37.3 Å². The molecule has 1 aromatic rings. The highest BCUT2D eigenvalue weighted by Gasteiger charge is 2.48. The molecule has 1 fully saturated rings. The van der Waals surface area contributed by atoms with Gasteiger partial charge in [-0.05, 0) is 19.3 Å². The molecule has 2 atom stereocenters. The predicted octanol–water partition coefficient (Wildman–Crippen LogP) is 0.384. The maximum atomic E-state index is 11.8.